The molecule has 2 amide bonds. The fraction of sp³-hybridized carbons (Fsp3) is 0.389. The molecule has 0 N–H and O–H groups in total. The summed E-state index contributed by atoms with van der Waals surface area (Å²) < 4.78 is 10.3. The number of allylic oxidation sites excluding steroid dienone is 1. The maximum absolute atomic E-state index is 12.2. The molecule has 6 nitrogen and oxygen atoms in total. The van der Waals surface area contributed by atoms with Crippen LogP contribution in [-0.2, 0) is 25.7 Å². The lowest BCUT2D eigenvalue weighted by Crippen LogP contribution is -2.44. The van der Waals surface area contributed by atoms with E-state index < -0.39 is 24.0 Å². The lowest BCUT2D eigenvalue weighted by molar-refractivity contribution is -0.152. The van der Waals surface area contributed by atoms with E-state index in [4.69, 9.17) is 9.47 Å². The van der Waals surface area contributed by atoms with Crippen LogP contribution in [0.4, 0.5) is 4.79 Å². The third-order valence-electron chi connectivity index (χ3n) is 3.68. The summed E-state index contributed by atoms with van der Waals surface area (Å²) in [7, 11) is 0. The minimum Gasteiger partial charge on any atom is -0.459 e. The van der Waals surface area contributed by atoms with Crippen LogP contribution in [0.3, 0.4) is 0 Å². The van der Waals surface area contributed by atoms with Gasteiger partial charge in [0.25, 0.3) is 0 Å². The van der Waals surface area contributed by atoms with Gasteiger partial charge < -0.3 is 9.47 Å². The zero-order chi connectivity index (χ0) is 17.4. The summed E-state index contributed by atoms with van der Waals surface area (Å²) in [5, 5.41) is 0. The molecule has 1 heterocycles. The van der Waals surface area contributed by atoms with Crippen molar-refractivity contribution in [3.63, 3.8) is 0 Å². The molecule has 1 aromatic carbocycles. The maximum atomic E-state index is 12.2. The molecule has 1 saturated heterocycles. The van der Waals surface area contributed by atoms with E-state index in [1.54, 1.807) is 6.08 Å². The van der Waals surface area contributed by atoms with E-state index in [9.17, 15) is 14.4 Å². The fourth-order valence-corrected chi connectivity index (χ4v) is 2.42. The topological polar surface area (TPSA) is 72.9 Å². The summed E-state index contributed by atoms with van der Waals surface area (Å²) in [6.07, 6.45) is 2.66. The second-order valence-corrected chi connectivity index (χ2v) is 5.46. The molecule has 0 spiro atoms. The number of hydrogen-bond acceptors (Lipinski definition) is 5. The Morgan fingerprint density at radius 3 is 2.71 bits per heavy atom. The van der Waals surface area contributed by atoms with E-state index >= 15 is 0 Å². The van der Waals surface area contributed by atoms with E-state index in [1.807, 2.05) is 30.3 Å². The smallest absolute Gasteiger partial charge is 0.417 e. The summed E-state index contributed by atoms with van der Waals surface area (Å²) in [6, 6.07) is 8.31. The van der Waals surface area contributed by atoms with E-state index in [1.165, 1.54) is 0 Å². The normalized spacial score (nSPS) is 16.8. The highest BCUT2D eigenvalue weighted by Crippen LogP contribution is 2.21. The Hall–Kier alpha value is -2.63. The van der Waals surface area contributed by atoms with Crippen molar-refractivity contribution in [3.8, 4) is 0 Å². The van der Waals surface area contributed by atoms with Crippen molar-refractivity contribution in [2.45, 2.75) is 38.3 Å². The van der Waals surface area contributed by atoms with Crippen molar-refractivity contribution in [3.05, 3.63) is 48.6 Å². The Balaban J connectivity index is 1.89. The molecular formula is C18H21NO5. The number of ether oxygens (including phenoxy) is 2. The van der Waals surface area contributed by atoms with Crippen molar-refractivity contribution < 1.29 is 23.9 Å². The van der Waals surface area contributed by atoms with Crippen LogP contribution in [0.25, 0.3) is 0 Å². The number of esters is 1. The van der Waals surface area contributed by atoms with Crippen LogP contribution in [0.2, 0.25) is 0 Å². The van der Waals surface area contributed by atoms with Crippen LogP contribution in [0.5, 0.6) is 0 Å². The molecule has 1 aliphatic rings. The second-order valence-electron chi connectivity index (χ2n) is 5.46. The van der Waals surface area contributed by atoms with Gasteiger partial charge in [0.15, 0.2) is 0 Å². The van der Waals surface area contributed by atoms with Crippen LogP contribution in [0.15, 0.2) is 43.0 Å². The molecule has 0 aliphatic carbocycles. The predicted molar refractivity (Wildman–Crippen MR) is 86.9 cm³/mol. The Morgan fingerprint density at radius 2 is 2.00 bits per heavy atom. The summed E-state index contributed by atoms with van der Waals surface area (Å²) in [5.74, 6) is -1.00. The van der Waals surface area contributed by atoms with Crippen LogP contribution in [0, 0.1) is 0 Å². The molecule has 1 aromatic rings. The molecule has 2 rings (SSSR count). The number of carbonyl (C=O) groups is 3. The molecule has 6 heteroatoms. The van der Waals surface area contributed by atoms with E-state index in [-0.39, 0.29) is 26.1 Å². The second kappa shape index (κ2) is 8.86. The third kappa shape index (κ3) is 4.68. The van der Waals surface area contributed by atoms with Gasteiger partial charge in [0.1, 0.15) is 12.6 Å². The molecule has 0 bridgehead atoms. The quantitative estimate of drug-likeness (QED) is 0.436. The van der Waals surface area contributed by atoms with Crippen molar-refractivity contribution in [1.82, 2.24) is 4.90 Å². The third-order valence-corrected chi connectivity index (χ3v) is 3.68. The average molecular weight is 331 g/mol. The molecule has 0 aromatic heterocycles. The molecule has 1 atom stereocenters. The standard InChI is InChI=1S/C18H21NO5/c1-2-3-7-12-23-18(22)19-15(10-11-16(19)20)17(21)24-13-14-8-5-4-6-9-14/h2,4-6,8-9,15H,1,3,7,10-13H2. The van der Waals surface area contributed by atoms with Gasteiger partial charge in [-0.1, -0.05) is 36.4 Å². The minimum atomic E-state index is -0.909. The summed E-state index contributed by atoms with van der Waals surface area (Å²) in [6.45, 7) is 3.87. The molecule has 1 fully saturated rings. The molecule has 0 saturated carbocycles. The maximum Gasteiger partial charge on any atom is 0.417 e. The minimum absolute atomic E-state index is 0.104. The number of benzene rings is 1. The zero-order valence-corrected chi connectivity index (χ0v) is 13.5. The van der Waals surface area contributed by atoms with Crippen molar-refractivity contribution in [1.29, 1.82) is 0 Å². The number of carbonyl (C=O) groups excluding carboxylic acids is 3. The van der Waals surface area contributed by atoms with Crippen LogP contribution in [0.1, 0.15) is 31.2 Å². The fourth-order valence-electron chi connectivity index (χ4n) is 2.42. The van der Waals surface area contributed by atoms with Gasteiger partial charge in [0.2, 0.25) is 5.91 Å². The van der Waals surface area contributed by atoms with Crippen LogP contribution >= 0.6 is 0 Å². The summed E-state index contributed by atoms with van der Waals surface area (Å²) >= 11 is 0. The Kier molecular flexibility index (Phi) is 6.54. The van der Waals surface area contributed by atoms with Crippen LogP contribution < -0.4 is 0 Å². The number of hydrogen-bond donors (Lipinski definition) is 0. The summed E-state index contributed by atoms with van der Waals surface area (Å²) in [5.41, 5.74) is 0.841. The highest BCUT2D eigenvalue weighted by molar-refractivity contribution is 5.99. The zero-order valence-electron chi connectivity index (χ0n) is 13.5. The van der Waals surface area contributed by atoms with Gasteiger partial charge in [-0.15, -0.1) is 6.58 Å². The Bertz CT molecular complexity index is 599. The first-order valence-corrected chi connectivity index (χ1v) is 7.93. The monoisotopic (exact) mass is 331 g/mol. The number of amides is 2. The molecule has 1 aliphatic heterocycles. The highest BCUT2D eigenvalue weighted by atomic mass is 16.6. The number of nitrogens with zero attached hydrogens (tertiary/aromatic N) is 1. The molecule has 1 unspecified atom stereocenters. The molecular weight excluding hydrogens is 310 g/mol. The van der Waals surface area contributed by atoms with E-state index in [2.05, 4.69) is 6.58 Å². The number of unbranched alkanes of at least 4 members (excludes halogenated alkanes) is 1. The van der Waals surface area contributed by atoms with Gasteiger partial charge in [-0.25, -0.2) is 14.5 Å². The van der Waals surface area contributed by atoms with Gasteiger partial charge in [0, 0.05) is 6.42 Å². The van der Waals surface area contributed by atoms with Crippen LogP contribution in [-0.4, -0.2) is 35.5 Å². The molecule has 128 valence electrons. The summed E-state index contributed by atoms with van der Waals surface area (Å²) in [4.78, 5) is 37.0. The lowest BCUT2D eigenvalue weighted by Gasteiger charge is -2.21. The molecule has 0 radical (unpaired) electrons. The van der Waals surface area contributed by atoms with Crippen molar-refractivity contribution in [2.24, 2.45) is 0 Å². The average Bonchev–Trinajstić information content (AvgIpc) is 2.99. The van der Waals surface area contributed by atoms with E-state index in [0.717, 1.165) is 10.5 Å². The van der Waals surface area contributed by atoms with Crippen molar-refractivity contribution in [2.75, 3.05) is 6.61 Å². The van der Waals surface area contributed by atoms with Crippen molar-refractivity contribution >= 4 is 18.0 Å². The van der Waals surface area contributed by atoms with Gasteiger partial charge in [-0.2, -0.15) is 0 Å². The van der Waals surface area contributed by atoms with Gasteiger partial charge in [-0.3, -0.25) is 4.79 Å². The first-order chi connectivity index (χ1) is 11.6. The van der Waals surface area contributed by atoms with Gasteiger partial charge in [-0.05, 0) is 24.8 Å². The van der Waals surface area contributed by atoms with E-state index in [0.29, 0.717) is 12.8 Å². The first-order valence-electron chi connectivity index (χ1n) is 7.93. The highest BCUT2D eigenvalue weighted by Gasteiger charge is 2.42. The number of rotatable bonds is 7. The van der Waals surface area contributed by atoms with Gasteiger partial charge in [0.05, 0.1) is 6.61 Å². The Labute approximate surface area is 141 Å². The first kappa shape index (κ1) is 17.7. The van der Waals surface area contributed by atoms with Gasteiger partial charge >= 0.3 is 12.1 Å². The molecule has 24 heavy (non-hydrogen) atoms. The SMILES string of the molecule is C=CCCCOC(=O)N1C(=O)CCC1C(=O)OCc1ccccc1. The Morgan fingerprint density at radius 1 is 1.25 bits per heavy atom. The number of likely N-dealkylation sites (tertiary alicyclic amines) is 1. The lowest BCUT2D eigenvalue weighted by atomic mass is 10.2. The predicted octanol–water partition coefficient (Wildman–Crippen LogP) is 2.82. The largest absolute Gasteiger partial charge is 0.459 e. The number of imide groups is 1.